The topological polar surface area (TPSA) is 79.3 Å². The number of benzene rings is 2. The predicted octanol–water partition coefficient (Wildman–Crippen LogP) is 3.42. The summed E-state index contributed by atoms with van der Waals surface area (Å²) in [4.78, 5) is 8.50. The number of aromatic nitrogens is 2. The number of aliphatic hydroxyl groups excluding tert-OH is 1. The zero-order valence-corrected chi connectivity index (χ0v) is 13.0. The molecule has 0 radical (unpaired) electrons. The van der Waals surface area contributed by atoms with Crippen LogP contribution in [0.25, 0.3) is 0 Å². The molecule has 3 rings (SSSR count). The van der Waals surface area contributed by atoms with Crippen molar-refractivity contribution in [3.63, 3.8) is 0 Å². The van der Waals surface area contributed by atoms with E-state index in [9.17, 15) is 0 Å². The molecule has 1 heterocycles. The first-order valence-corrected chi connectivity index (χ1v) is 7.61. The molecule has 24 heavy (non-hydrogen) atoms. The van der Waals surface area contributed by atoms with Crippen LogP contribution < -0.4 is 15.4 Å². The van der Waals surface area contributed by atoms with Gasteiger partial charge in [0.05, 0.1) is 6.61 Å². The van der Waals surface area contributed by atoms with Crippen molar-refractivity contribution < 1.29 is 9.84 Å². The quantitative estimate of drug-likeness (QED) is 0.618. The molecule has 0 spiro atoms. The Bertz CT molecular complexity index is 763. The molecule has 0 aliphatic rings. The van der Waals surface area contributed by atoms with Crippen LogP contribution >= 0.6 is 0 Å². The maximum absolute atomic E-state index is 8.83. The van der Waals surface area contributed by atoms with Crippen LogP contribution in [0.2, 0.25) is 0 Å². The molecule has 6 nitrogen and oxygen atoms in total. The lowest BCUT2D eigenvalue weighted by atomic mass is 10.3. The zero-order valence-electron chi connectivity index (χ0n) is 13.0. The van der Waals surface area contributed by atoms with Gasteiger partial charge < -0.3 is 20.5 Å². The molecule has 6 heteroatoms. The average Bonchev–Trinajstić information content (AvgIpc) is 2.63. The first-order valence-electron chi connectivity index (χ1n) is 7.61. The summed E-state index contributed by atoms with van der Waals surface area (Å²) in [7, 11) is 0. The highest BCUT2D eigenvalue weighted by molar-refractivity contribution is 5.56. The summed E-state index contributed by atoms with van der Waals surface area (Å²) < 4.78 is 5.75. The Morgan fingerprint density at radius 1 is 0.917 bits per heavy atom. The van der Waals surface area contributed by atoms with E-state index in [0.29, 0.717) is 18.3 Å². The average molecular weight is 322 g/mol. The number of nitrogens with zero attached hydrogens (tertiary/aromatic N) is 2. The van der Waals surface area contributed by atoms with Gasteiger partial charge in [-0.15, -0.1) is 0 Å². The first kappa shape index (κ1) is 15.8. The molecule has 1 aromatic heterocycles. The molecule has 0 unspecified atom stereocenters. The van der Waals surface area contributed by atoms with E-state index in [4.69, 9.17) is 9.84 Å². The highest BCUT2D eigenvalue weighted by Crippen LogP contribution is 2.23. The maximum Gasteiger partial charge on any atom is 0.229 e. The summed E-state index contributed by atoms with van der Waals surface area (Å²) in [5, 5.41) is 15.0. The predicted molar refractivity (Wildman–Crippen MR) is 93.8 cm³/mol. The van der Waals surface area contributed by atoms with E-state index in [1.807, 2.05) is 54.6 Å². The molecule has 0 saturated carbocycles. The molecular weight excluding hydrogens is 304 g/mol. The van der Waals surface area contributed by atoms with Gasteiger partial charge in [0.15, 0.2) is 0 Å². The summed E-state index contributed by atoms with van der Waals surface area (Å²) in [5.41, 5.74) is 0.856. The molecule has 0 amide bonds. The molecule has 0 atom stereocenters. The number of hydrogen-bond acceptors (Lipinski definition) is 6. The van der Waals surface area contributed by atoms with Crippen molar-refractivity contribution in [1.82, 2.24) is 9.97 Å². The van der Waals surface area contributed by atoms with Crippen LogP contribution in [0.5, 0.6) is 11.5 Å². The molecule has 0 fully saturated rings. The Hall–Kier alpha value is -3.12. The lowest BCUT2D eigenvalue weighted by Crippen LogP contribution is -2.08. The van der Waals surface area contributed by atoms with Crippen LogP contribution in [0.4, 0.5) is 17.5 Å². The minimum Gasteiger partial charge on any atom is -0.457 e. The fraction of sp³-hybridized carbons (Fsp3) is 0.111. The Balaban J connectivity index is 1.64. The molecule has 3 aromatic rings. The number of hydrogen-bond donors (Lipinski definition) is 3. The van der Waals surface area contributed by atoms with Gasteiger partial charge in [0, 0.05) is 18.4 Å². The van der Waals surface area contributed by atoms with Crippen molar-refractivity contribution in [2.45, 2.75) is 0 Å². The monoisotopic (exact) mass is 322 g/mol. The number of ether oxygens (including phenoxy) is 1. The Labute approximate surface area is 140 Å². The van der Waals surface area contributed by atoms with E-state index in [0.717, 1.165) is 17.2 Å². The third kappa shape index (κ3) is 4.44. The van der Waals surface area contributed by atoms with Crippen LogP contribution in [0.3, 0.4) is 0 Å². The van der Waals surface area contributed by atoms with E-state index in [2.05, 4.69) is 20.6 Å². The van der Waals surface area contributed by atoms with Crippen LogP contribution in [-0.4, -0.2) is 28.2 Å². The van der Waals surface area contributed by atoms with E-state index in [1.165, 1.54) is 0 Å². The number of nitrogens with one attached hydrogen (secondary N) is 2. The van der Waals surface area contributed by atoms with Gasteiger partial charge in [0.25, 0.3) is 0 Å². The van der Waals surface area contributed by atoms with Gasteiger partial charge in [-0.05, 0) is 42.5 Å². The lowest BCUT2D eigenvalue weighted by molar-refractivity contribution is 0.311. The van der Waals surface area contributed by atoms with Gasteiger partial charge >= 0.3 is 0 Å². The molecule has 2 aromatic carbocycles. The van der Waals surface area contributed by atoms with Gasteiger partial charge in [-0.1, -0.05) is 18.2 Å². The number of aliphatic hydroxyl groups is 1. The van der Waals surface area contributed by atoms with Crippen molar-refractivity contribution in [2.75, 3.05) is 23.8 Å². The Morgan fingerprint density at radius 3 is 2.42 bits per heavy atom. The third-order valence-electron chi connectivity index (χ3n) is 3.16. The number of rotatable bonds is 7. The highest BCUT2D eigenvalue weighted by Gasteiger charge is 2.01. The molecule has 0 aliphatic carbocycles. The van der Waals surface area contributed by atoms with Gasteiger partial charge in [-0.2, -0.15) is 4.98 Å². The molecule has 3 N–H and O–H groups in total. The molecular formula is C18H18N4O2. The van der Waals surface area contributed by atoms with E-state index in [-0.39, 0.29) is 6.61 Å². The minimum absolute atomic E-state index is 0.0512. The number of para-hydroxylation sites is 1. The SMILES string of the molecule is OCCNc1ccnc(Nc2ccc(Oc3ccccc3)cc2)n1. The maximum atomic E-state index is 8.83. The highest BCUT2D eigenvalue weighted by atomic mass is 16.5. The summed E-state index contributed by atoms with van der Waals surface area (Å²) in [5.74, 6) is 2.69. The first-order chi connectivity index (χ1) is 11.8. The van der Waals surface area contributed by atoms with Crippen LogP contribution in [-0.2, 0) is 0 Å². The molecule has 0 bridgehead atoms. The minimum atomic E-state index is 0.0512. The molecule has 0 aliphatic heterocycles. The fourth-order valence-electron chi connectivity index (χ4n) is 2.06. The summed E-state index contributed by atoms with van der Waals surface area (Å²) in [6, 6.07) is 18.9. The van der Waals surface area contributed by atoms with Crippen molar-refractivity contribution >= 4 is 17.5 Å². The van der Waals surface area contributed by atoms with Crippen molar-refractivity contribution in [3.8, 4) is 11.5 Å². The second kappa shape index (κ2) is 7.94. The van der Waals surface area contributed by atoms with Gasteiger partial charge in [-0.3, -0.25) is 0 Å². The third-order valence-corrected chi connectivity index (χ3v) is 3.16. The molecule has 122 valence electrons. The van der Waals surface area contributed by atoms with Crippen LogP contribution in [0, 0.1) is 0 Å². The van der Waals surface area contributed by atoms with Gasteiger partial charge in [-0.25, -0.2) is 4.98 Å². The second-order valence-electron chi connectivity index (χ2n) is 4.98. The van der Waals surface area contributed by atoms with E-state index in [1.54, 1.807) is 12.3 Å². The van der Waals surface area contributed by atoms with Crippen molar-refractivity contribution in [3.05, 3.63) is 66.9 Å². The summed E-state index contributed by atoms with van der Waals surface area (Å²) >= 11 is 0. The summed E-state index contributed by atoms with van der Waals surface area (Å²) in [6.07, 6.45) is 1.65. The molecule has 0 saturated heterocycles. The standard InChI is InChI=1S/C18H18N4O2/c23-13-12-19-17-10-11-20-18(22-17)21-14-6-8-16(9-7-14)24-15-4-2-1-3-5-15/h1-11,23H,12-13H2,(H2,19,20,21,22). The largest absolute Gasteiger partial charge is 0.457 e. The van der Waals surface area contributed by atoms with Crippen molar-refractivity contribution in [1.29, 1.82) is 0 Å². The summed E-state index contributed by atoms with van der Waals surface area (Å²) in [6.45, 7) is 0.498. The van der Waals surface area contributed by atoms with Crippen molar-refractivity contribution in [2.24, 2.45) is 0 Å². The second-order valence-corrected chi connectivity index (χ2v) is 4.98. The van der Waals surface area contributed by atoms with Gasteiger partial charge in [0.2, 0.25) is 5.95 Å². The smallest absolute Gasteiger partial charge is 0.229 e. The van der Waals surface area contributed by atoms with Crippen LogP contribution in [0.15, 0.2) is 66.9 Å². The van der Waals surface area contributed by atoms with Gasteiger partial charge in [0.1, 0.15) is 17.3 Å². The Morgan fingerprint density at radius 2 is 1.67 bits per heavy atom. The fourth-order valence-corrected chi connectivity index (χ4v) is 2.06. The van der Waals surface area contributed by atoms with E-state index >= 15 is 0 Å². The zero-order chi connectivity index (χ0) is 16.6. The Kier molecular flexibility index (Phi) is 5.21. The normalized spacial score (nSPS) is 10.2. The number of anilines is 3. The van der Waals surface area contributed by atoms with E-state index < -0.39 is 0 Å². The lowest BCUT2D eigenvalue weighted by Gasteiger charge is -2.09. The van der Waals surface area contributed by atoms with Crippen LogP contribution in [0.1, 0.15) is 0 Å².